The number of nitrogens with one attached hydrogen (secondary N) is 2. The zero-order valence-corrected chi connectivity index (χ0v) is 7.56. The quantitative estimate of drug-likeness (QED) is 0.666. The van der Waals surface area contributed by atoms with Gasteiger partial charge in [0.25, 0.3) is 0 Å². The van der Waals surface area contributed by atoms with Gasteiger partial charge in [0.1, 0.15) is 0 Å². The fourth-order valence-corrected chi connectivity index (χ4v) is 1.08. The second-order valence-corrected chi connectivity index (χ2v) is 2.76. The highest BCUT2D eigenvalue weighted by Gasteiger charge is 2.09. The molecule has 0 unspecified atom stereocenters. The highest BCUT2D eigenvalue weighted by molar-refractivity contribution is 5.78. The number of carbonyl (C=O) groups is 1. The van der Waals surface area contributed by atoms with Gasteiger partial charge >= 0.3 is 0 Å². The summed E-state index contributed by atoms with van der Waals surface area (Å²) >= 11 is 0. The number of aromatic amines is 1. The van der Waals surface area contributed by atoms with Crippen LogP contribution in [0, 0.1) is 13.8 Å². The molecule has 0 aliphatic heterocycles. The molecule has 0 bridgehead atoms. The molecular weight excluding hydrogens is 154 g/mol. The van der Waals surface area contributed by atoms with Crippen LogP contribution in [0.15, 0.2) is 0 Å². The number of likely N-dealkylation sites (N-methyl/N-ethyl adjacent to an activating group) is 1. The maximum atomic E-state index is 11.0. The number of hydrogen-bond donors (Lipinski definition) is 2. The van der Waals surface area contributed by atoms with E-state index in [0.29, 0.717) is 6.42 Å². The van der Waals surface area contributed by atoms with Gasteiger partial charge in [-0.05, 0) is 13.8 Å². The van der Waals surface area contributed by atoms with Gasteiger partial charge in [-0.3, -0.25) is 9.89 Å². The van der Waals surface area contributed by atoms with Gasteiger partial charge in [0.15, 0.2) is 0 Å². The van der Waals surface area contributed by atoms with Crippen molar-refractivity contribution in [3.63, 3.8) is 0 Å². The molecule has 0 aliphatic rings. The molecule has 0 fully saturated rings. The Morgan fingerprint density at radius 1 is 1.58 bits per heavy atom. The maximum Gasteiger partial charge on any atom is 0.224 e. The minimum absolute atomic E-state index is 0.0163. The summed E-state index contributed by atoms with van der Waals surface area (Å²) in [4.78, 5) is 11.0. The summed E-state index contributed by atoms with van der Waals surface area (Å²) in [6.07, 6.45) is 0.407. The molecule has 0 atom stereocenters. The van der Waals surface area contributed by atoms with Gasteiger partial charge in [-0.1, -0.05) is 0 Å². The van der Waals surface area contributed by atoms with Crippen LogP contribution in [0.25, 0.3) is 0 Å². The van der Waals surface area contributed by atoms with E-state index in [4.69, 9.17) is 0 Å². The average Bonchev–Trinajstić information content (AvgIpc) is 2.35. The first kappa shape index (κ1) is 8.77. The Kier molecular flexibility index (Phi) is 2.47. The van der Waals surface area contributed by atoms with Crippen LogP contribution in [0.3, 0.4) is 0 Å². The zero-order valence-electron chi connectivity index (χ0n) is 7.56. The van der Waals surface area contributed by atoms with Crippen LogP contribution >= 0.6 is 0 Å². The molecule has 66 valence electrons. The van der Waals surface area contributed by atoms with Gasteiger partial charge in [-0.25, -0.2) is 0 Å². The summed E-state index contributed by atoms with van der Waals surface area (Å²) in [5, 5.41) is 9.41. The Bertz CT molecular complexity index is 271. The van der Waals surface area contributed by atoms with Crippen LogP contribution in [0.4, 0.5) is 0 Å². The van der Waals surface area contributed by atoms with E-state index in [1.54, 1.807) is 7.05 Å². The molecule has 0 spiro atoms. The Balaban J connectivity index is 2.80. The molecule has 0 aliphatic carbocycles. The third kappa shape index (κ3) is 1.64. The van der Waals surface area contributed by atoms with Crippen molar-refractivity contribution in [3.05, 3.63) is 17.0 Å². The molecule has 1 aromatic rings. The Labute approximate surface area is 71.4 Å². The molecule has 4 nitrogen and oxygen atoms in total. The zero-order chi connectivity index (χ0) is 9.14. The molecular formula is C8H13N3O. The highest BCUT2D eigenvalue weighted by Crippen LogP contribution is 2.09. The van der Waals surface area contributed by atoms with Gasteiger partial charge in [0.05, 0.1) is 12.1 Å². The summed E-state index contributed by atoms with van der Waals surface area (Å²) in [6, 6.07) is 0. The topological polar surface area (TPSA) is 57.8 Å². The SMILES string of the molecule is CNC(=O)Cc1c(C)n[nH]c1C. The first-order valence-corrected chi connectivity index (χ1v) is 3.86. The number of nitrogens with zero attached hydrogens (tertiary/aromatic N) is 1. The van der Waals surface area contributed by atoms with Gasteiger partial charge in [-0.2, -0.15) is 5.10 Å². The largest absolute Gasteiger partial charge is 0.359 e. The van der Waals surface area contributed by atoms with E-state index >= 15 is 0 Å². The van der Waals surface area contributed by atoms with Crippen molar-refractivity contribution in [2.24, 2.45) is 0 Å². The van der Waals surface area contributed by atoms with Crippen molar-refractivity contribution in [1.82, 2.24) is 15.5 Å². The lowest BCUT2D eigenvalue weighted by Gasteiger charge is -1.98. The Morgan fingerprint density at radius 2 is 2.25 bits per heavy atom. The monoisotopic (exact) mass is 167 g/mol. The molecule has 1 aromatic heterocycles. The number of H-pyrrole nitrogens is 1. The van der Waals surface area contributed by atoms with E-state index in [0.717, 1.165) is 17.0 Å². The van der Waals surface area contributed by atoms with Crippen LogP contribution in [-0.4, -0.2) is 23.2 Å². The fraction of sp³-hybridized carbons (Fsp3) is 0.500. The molecule has 12 heavy (non-hydrogen) atoms. The van der Waals surface area contributed by atoms with Gasteiger partial charge in [-0.15, -0.1) is 0 Å². The summed E-state index contributed by atoms with van der Waals surface area (Å²) in [5.41, 5.74) is 2.86. The molecule has 1 amide bonds. The number of aromatic nitrogens is 2. The van der Waals surface area contributed by atoms with Crippen LogP contribution in [-0.2, 0) is 11.2 Å². The first-order chi connectivity index (χ1) is 5.65. The third-order valence-corrected chi connectivity index (χ3v) is 1.90. The molecule has 0 saturated carbocycles. The van der Waals surface area contributed by atoms with Crippen LogP contribution < -0.4 is 5.32 Å². The van der Waals surface area contributed by atoms with E-state index in [1.807, 2.05) is 13.8 Å². The lowest BCUT2D eigenvalue weighted by molar-refractivity contribution is -0.119. The molecule has 0 saturated heterocycles. The van der Waals surface area contributed by atoms with Gasteiger partial charge in [0, 0.05) is 18.3 Å². The normalized spacial score (nSPS) is 9.92. The summed E-state index contributed by atoms with van der Waals surface area (Å²) < 4.78 is 0. The first-order valence-electron chi connectivity index (χ1n) is 3.86. The maximum absolute atomic E-state index is 11.0. The molecule has 4 heteroatoms. The second kappa shape index (κ2) is 3.38. The van der Waals surface area contributed by atoms with Gasteiger partial charge < -0.3 is 5.32 Å². The average molecular weight is 167 g/mol. The van der Waals surface area contributed by atoms with Crippen molar-refractivity contribution >= 4 is 5.91 Å². The molecule has 1 rings (SSSR count). The fourth-order valence-electron chi connectivity index (χ4n) is 1.08. The molecule has 0 aromatic carbocycles. The predicted molar refractivity (Wildman–Crippen MR) is 45.8 cm³/mol. The van der Waals surface area contributed by atoms with Crippen LogP contribution in [0.1, 0.15) is 17.0 Å². The Hall–Kier alpha value is -1.32. The van der Waals surface area contributed by atoms with Gasteiger partial charge in [0.2, 0.25) is 5.91 Å². The summed E-state index contributed by atoms with van der Waals surface area (Å²) in [5.74, 6) is 0.0163. The second-order valence-electron chi connectivity index (χ2n) is 2.76. The van der Waals surface area contributed by atoms with Crippen molar-refractivity contribution in [1.29, 1.82) is 0 Å². The van der Waals surface area contributed by atoms with E-state index in [9.17, 15) is 4.79 Å². The lowest BCUT2D eigenvalue weighted by atomic mass is 10.1. The standard InChI is InChI=1S/C8H13N3O/c1-5-7(4-8(12)9-3)6(2)11-10-5/h4H2,1-3H3,(H,9,12)(H,10,11). The smallest absolute Gasteiger partial charge is 0.224 e. The van der Waals surface area contributed by atoms with Crippen molar-refractivity contribution < 1.29 is 4.79 Å². The third-order valence-electron chi connectivity index (χ3n) is 1.90. The molecule has 0 radical (unpaired) electrons. The number of amides is 1. The molecule has 1 heterocycles. The van der Waals surface area contributed by atoms with E-state index in [2.05, 4.69) is 15.5 Å². The van der Waals surface area contributed by atoms with E-state index < -0.39 is 0 Å². The van der Waals surface area contributed by atoms with E-state index in [1.165, 1.54) is 0 Å². The minimum Gasteiger partial charge on any atom is -0.359 e. The summed E-state index contributed by atoms with van der Waals surface area (Å²) in [7, 11) is 1.63. The van der Waals surface area contributed by atoms with E-state index in [-0.39, 0.29) is 5.91 Å². The number of aryl methyl sites for hydroxylation is 2. The van der Waals surface area contributed by atoms with Crippen LogP contribution in [0.5, 0.6) is 0 Å². The lowest BCUT2D eigenvalue weighted by Crippen LogP contribution is -2.20. The van der Waals surface area contributed by atoms with Crippen LogP contribution in [0.2, 0.25) is 0 Å². The molecule has 2 N–H and O–H groups in total. The minimum atomic E-state index is 0.0163. The number of hydrogen-bond acceptors (Lipinski definition) is 2. The van der Waals surface area contributed by atoms with Crippen molar-refractivity contribution in [3.8, 4) is 0 Å². The number of rotatable bonds is 2. The van der Waals surface area contributed by atoms with Crippen molar-refractivity contribution in [2.45, 2.75) is 20.3 Å². The highest BCUT2D eigenvalue weighted by atomic mass is 16.1. The van der Waals surface area contributed by atoms with Crippen molar-refractivity contribution in [2.75, 3.05) is 7.05 Å². The Morgan fingerprint density at radius 3 is 2.67 bits per heavy atom. The number of carbonyl (C=O) groups excluding carboxylic acids is 1. The predicted octanol–water partition coefficient (Wildman–Crippen LogP) is 0.315. The summed E-state index contributed by atoms with van der Waals surface area (Å²) in [6.45, 7) is 3.81.